The third-order valence-corrected chi connectivity index (χ3v) is 3.85. The van der Waals surface area contributed by atoms with Crippen molar-refractivity contribution in [2.75, 3.05) is 12.4 Å². The summed E-state index contributed by atoms with van der Waals surface area (Å²) >= 11 is 1.74. The van der Waals surface area contributed by atoms with Crippen LogP contribution in [0.5, 0.6) is 0 Å². The van der Waals surface area contributed by atoms with E-state index < -0.39 is 0 Å². The zero-order valence-electron chi connectivity index (χ0n) is 9.87. The van der Waals surface area contributed by atoms with Crippen molar-refractivity contribution >= 4 is 16.5 Å². The SMILES string of the molecule is CCc1sc(NC)nc1-c1ccccc1C. The first-order chi connectivity index (χ1) is 7.76. The van der Waals surface area contributed by atoms with Gasteiger partial charge in [-0.15, -0.1) is 11.3 Å². The number of aryl methyl sites for hydroxylation is 2. The first-order valence-electron chi connectivity index (χ1n) is 5.49. The van der Waals surface area contributed by atoms with Crippen LogP contribution in [-0.4, -0.2) is 12.0 Å². The van der Waals surface area contributed by atoms with E-state index in [1.807, 2.05) is 7.05 Å². The topological polar surface area (TPSA) is 24.9 Å². The smallest absolute Gasteiger partial charge is 0.183 e. The van der Waals surface area contributed by atoms with Gasteiger partial charge in [0.25, 0.3) is 0 Å². The zero-order chi connectivity index (χ0) is 11.5. The fourth-order valence-corrected chi connectivity index (χ4v) is 2.62. The van der Waals surface area contributed by atoms with Crippen LogP contribution in [0.15, 0.2) is 24.3 Å². The van der Waals surface area contributed by atoms with Crippen LogP contribution in [0.1, 0.15) is 17.4 Å². The Balaban J connectivity index is 2.54. The van der Waals surface area contributed by atoms with Gasteiger partial charge in [-0.2, -0.15) is 0 Å². The van der Waals surface area contributed by atoms with Crippen molar-refractivity contribution in [3.8, 4) is 11.3 Å². The molecule has 84 valence electrons. The van der Waals surface area contributed by atoms with Gasteiger partial charge in [0, 0.05) is 17.5 Å². The average Bonchev–Trinajstić information content (AvgIpc) is 2.72. The van der Waals surface area contributed by atoms with Crippen LogP contribution < -0.4 is 5.32 Å². The standard InChI is InChI=1S/C13H16N2S/c1-4-11-12(15-13(14-3)16-11)10-8-6-5-7-9(10)2/h5-8H,4H2,1-3H3,(H,14,15). The molecule has 0 aliphatic heterocycles. The number of nitrogens with zero attached hydrogens (tertiary/aromatic N) is 1. The summed E-state index contributed by atoms with van der Waals surface area (Å²) in [6, 6.07) is 8.41. The molecule has 1 N–H and O–H groups in total. The number of hydrogen-bond acceptors (Lipinski definition) is 3. The summed E-state index contributed by atoms with van der Waals surface area (Å²) < 4.78 is 0. The van der Waals surface area contributed by atoms with Crippen molar-refractivity contribution < 1.29 is 0 Å². The molecule has 0 aliphatic carbocycles. The largest absolute Gasteiger partial charge is 0.365 e. The maximum atomic E-state index is 4.64. The van der Waals surface area contributed by atoms with E-state index in [1.165, 1.54) is 16.0 Å². The molecule has 1 aromatic heterocycles. The number of rotatable bonds is 3. The molecule has 0 aliphatic rings. The third kappa shape index (κ3) is 1.95. The quantitative estimate of drug-likeness (QED) is 0.872. The van der Waals surface area contributed by atoms with Crippen LogP contribution >= 0.6 is 11.3 Å². The molecule has 0 atom stereocenters. The van der Waals surface area contributed by atoms with Gasteiger partial charge in [0.15, 0.2) is 5.13 Å². The van der Waals surface area contributed by atoms with Gasteiger partial charge in [0.05, 0.1) is 5.69 Å². The van der Waals surface area contributed by atoms with Gasteiger partial charge >= 0.3 is 0 Å². The predicted octanol–water partition coefficient (Wildman–Crippen LogP) is 3.72. The van der Waals surface area contributed by atoms with Crippen LogP contribution in [0.2, 0.25) is 0 Å². The maximum Gasteiger partial charge on any atom is 0.183 e. The molecule has 0 amide bonds. The monoisotopic (exact) mass is 232 g/mol. The molecule has 1 heterocycles. The number of anilines is 1. The van der Waals surface area contributed by atoms with E-state index in [9.17, 15) is 0 Å². The Morgan fingerprint density at radius 2 is 2.06 bits per heavy atom. The molecule has 0 bridgehead atoms. The number of aromatic nitrogens is 1. The van der Waals surface area contributed by atoms with E-state index in [0.717, 1.165) is 17.2 Å². The minimum absolute atomic E-state index is 0.995. The normalized spacial score (nSPS) is 10.4. The fraction of sp³-hybridized carbons (Fsp3) is 0.308. The van der Waals surface area contributed by atoms with E-state index in [0.29, 0.717) is 0 Å². The first kappa shape index (κ1) is 11.1. The summed E-state index contributed by atoms with van der Waals surface area (Å²) in [6.07, 6.45) is 1.03. The van der Waals surface area contributed by atoms with E-state index in [-0.39, 0.29) is 0 Å². The lowest BCUT2D eigenvalue weighted by molar-refractivity contribution is 1.17. The Kier molecular flexibility index (Phi) is 3.25. The molecule has 0 saturated carbocycles. The van der Waals surface area contributed by atoms with Crippen LogP contribution in [0.25, 0.3) is 11.3 Å². The maximum absolute atomic E-state index is 4.64. The number of thiazole rings is 1. The van der Waals surface area contributed by atoms with Gasteiger partial charge in [-0.25, -0.2) is 4.98 Å². The second kappa shape index (κ2) is 4.66. The summed E-state index contributed by atoms with van der Waals surface area (Å²) in [4.78, 5) is 5.98. The highest BCUT2D eigenvalue weighted by Gasteiger charge is 2.12. The van der Waals surface area contributed by atoms with Crippen LogP contribution in [0.4, 0.5) is 5.13 Å². The highest BCUT2D eigenvalue weighted by atomic mass is 32.1. The van der Waals surface area contributed by atoms with Crippen LogP contribution in [0, 0.1) is 6.92 Å². The Bertz CT molecular complexity index is 488. The predicted molar refractivity (Wildman–Crippen MR) is 71.2 cm³/mol. The summed E-state index contributed by atoms with van der Waals surface area (Å²) in [5.74, 6) is 0. The molecular weight excluding hydrogens is 216 g/mol. The lowest BCUT2D eigenvalue weighted by Crippen LogP contribution is -1.88. The Hall–Kier alpha value is -1.35. The van der Waals surface area contributed by atoms with E-state index in [4.69, 9.17) is 0 Å². The van der Waals surface area contributed by atoms with E-state index >= 15 is 0 Å². The van der Waals surface area contributed by atoms with Gasteiger partial charge in [-0.05, 0) is 18.9 Å². The van der Waals surface area contributed by atoms with Crippen LogP contribution in [-0.2, 0) is 6.42 Å². The van der Waals surface area contributed by atoms with Crippen molar-refractivity contribution in [2.45, 2.75) is 20.3 Å². The summed E-state index contributed by atoms with van der Waals surface area (Å²) in [7, 11) is 1.92. The summed E-state index contributed by atoms with van der Waals surface area (Å²) in [5.41, 5.74) is 3.66. The van der Waals surface area contributed by atoms with Gasteiger partial charge in [0.2, 0.25) is 0 Å². The number of benzene rings is 1. The molecule has 2 rings (SSSR count). The summed E-state index contributed by atoms with van der Waals surface area (Å²) in [5, 5.41) is 4.11. The van der Waals surface area contributed by atoms with Gasteiger partial charge in [-0.3, -0.25) is 0 Å². The Morgan fingerprint density at radius 3 is 2.69 bits per heavy atom. The van der Waals surface area contributed by atoms with Crippen molar-refractivity contribution in [1.29, 1.82) is 0 Å². The molecule has 0 saturated heterocycles. The molecule has 0 radical (unpaired) electrons. The molecular formula is C13H16N2S. The number of hydrogen-bond donors (Lipinski definition) is 1. The molecule has 1 aromatic carbocycles. The second-order valence-electron chi connectivity index (χ2n) is 3.71. The van der Waals surface area contributed by atoms with Gasteiger partial charge in [0.1, 0.15) is 0 Å². The molecule has 3 heteroatoms. The lowest BCUT2D eigenvalue weighted by Gasteiger charge is -2.03. The first-order valence-corrected chi connectivity index (χ1v) is 6.31. The van der Waals surface area contributed by atoms with E-state index in [1.54, 1.807) is 11.3 Å². The summed E-state index contributed by atoms with van der Waals surface area (Å²) in [6.45, 7) is 4.31. The van der Waals surface area contributed by atoms with Crippen molar-refractivity contribution in [3.05, 3.63) is 34.7 Å². The van der Waals surface area contributed by atoms with Gasteiger partial charge in [-0.1, -0.05) is 31.2 Å². The molecule has 0 unspecified atom stereocenters. The van der Waals surface area contributed by atoms with Crippen LogP contribution in [0.3, 0.4) is 0 Å². The lowest BCUT2D eigenvalue weighted by atomic mass is 10.0. The minimum atomic E-state index is 0.995. The third-order valence-electron chi connectivity index (χ3n) is 2.63. The van der Waals surface area contributed by atoms with Gasteiger partial charge < -0.3 is 5.32 Å². The Morgan fingerprint density at radius 1 is 1.31 bits per heavy atom. The fourth-order valence-electron chi connectivity index (χ4n) is 1.75. The molecule has 16 heavy (non-hydrogen) atoms. The second-order valence-corrected chi connectivity index (χ2v) is 4.79. The Labute approximate surface area is 100 Å². The molecule has 2 aromatic rings. The zero-order valence-corrected chi connectivity index (χ0v) is 10.7. The minimum Gasteiger partial charge on any atom is -0.365 e. The van der Waals surface area contributed by atoms with Crippen molar-refractivity contribution in [2.24, 2.45) is 0 Å². The molecule has 2 nitrogen and oxygen atoms in total. The molecule has 0 fully saturated rings. The number of nitrogens with one attached hydrogen (secondary N) is 1. The highest BCUT2D eigenvalue weighted by Crippen LogP contribution is 2.32. The average molecular weight is 232 g/mol. The van der Waals surface area contributed by atoms with E-state index in [2.05, 4.69) is 48.4 Å². The van der Waals surface area contributed by atoms with Crippen molar-refractivity contribution in [1.82, 2.24) is 4.98 Å². The molecule has 0 spiro atoms. The highest BCUT2D eigenvalue weighted by molar-refractivity contribution is 7.16. The van der Waals surface area contributed by atoms with Crippen molar-refractivity contribution in [3.63, 3.8) is 0 Å².